The number of aryl methyl sites for hydroxylation is 2. The van der Waals surface area contributed by atoms with Gasteiger partial charge in [-0.05, 0) is 60.2 Å². The number of nitrogens with one attached hydrogen (secondary N) is 1. The number of hydrogen-bond acceptors (Lipinski definition) is 5. The zero-order valence-corrected chi connectivity index (χ0v) is 20.5. The fraction of sp³-hybridized carbons (Fsp3) is 0.214. The number of urea groups is 1. The van der Waals surface area contributed by atoms with Crippen molar-refractivity contribution in [1.29, 1.82) is 0 Å². The number of carbonyl (C=O) groups is 3. The highest BCUT2D eigenvalue weighted by atomic mass is 32.1. The van der Waals surface area contributed by atoms with Gasteiger partial charge in [0.1, 0.15) is 12.1 Å². The molecule has 1 spiro atoms. The number of amides is 4. The van der Waals surface area contributed by atoms with Gasteiger partial charge in [0.25, 0.3) is 11.8 Å². The van der Waals surface area contributed by atoms with E-state index in [1.54, 1.807) is 0 Å². The molecule has 2 aliphatic rings. The number of rotatable bonds is 5. The van der Waals surface area contributed by atoms with E-state index in [4.69, 9.17) is 0 Å². The smallest absolute Gasteiger partial charge is 0.319 e. The highest BCUT2D eigenvalue weighted by Gasteiger charge is 2.55. The van der Waals surface area contributed by atoms with Crippen LogP contribution in [0.25, 0.3) is 10.2 Å². The number of fused-ring (bicyclic) bond motifs is 3. The Morgan fingerprint density at radius 2 is 1.81 bits per heavy atom. The fourth-order valence-electron chi connectivity index (χ4n) is 5.14. The van der Waals surface area contributed by atoms with E-state index in [0.717, 1.165) is 38.2 Å². The van der Waals surface area contributed by atoms with Crippen LogP contribution in [-0.4, -0.2) is 34.3 Å². The molecule has 1 aliphatic carbocycles. The van der Waals surface area contributed by atoms with Gasteiger partial charge in [-0.1, -0.05) is 66.8 Å². The van der Waals surface area contributed by atoms with Gasteiger partial charge in [-0.2, -0.15) is 0 Å². The van der Waals surface area contributed by atoms with E-state index >= 15 is 0 Å². The van der Waals surface area contributed by atoms with E-state index in [0.29, 0.717) is 23.7 Å². The lowest BCUT2D eigenvalue weighted by Crippen LogP contribution is -2.44. The van der Waals surface area contributed by atoms with Gasteiger partial charge >= 0.3 is 6.03 Å². The number of para-hydroxylation sites is 1. The van der Waals surface area contributed by atoms with Crippen LogP contribution in [-0.2, 0) is 28.0 Å². The van der Waals surface area contributed by atoms with Crippen molar-refractivity contribution in [3.63, 3.8) is 0 Å². The van der Waals surface area contributed by atoms with Crippen LogP contribution in [0.2, 0.25) is 0 Å². The summed E-state index contributed by atoms with van der Waals surface area (Å²) in [5.74, 6) is -0.776. The Bertz CT molecular complexity index is 1480. The molecule has 1 saturated heterocycles. The molecule has 0 bridgehead atoms. The van der Waals surface area contributed by atoms with Crippen molar-refractivity contribution >= 4 is 50.2 Å². The lowest BCUT2D eigenvalue weighted by Gasteiger charge is -2.24. The number of aromatic nitrogens is 1. The summed E-state index contributed by atoms with van der Waals surface area (Å²) in [7, 11) is 0. The first-order valence-corrected chi connectivity index (χ1v) is 12.8. The summed E-state index contributed by atoms with van der Waals surface area (Å²) in [6.07, 6.45) is 2.06. The topological polar surface area (TPSA) is 82.6 Å². The molecule has 3 aromatic carbocycles. The molecule has 8 heteroatoms. The summed E-state index contributed by atoms with van der Waals surface area (Å²) in [5, 5.41) is 3.40. The van der Waals surface area contributed by atoms with E-state index in [1.165, 1.54) is 16.2 Å². The fourth-order valence-corrected chi connectivity index (χ4v) is 6.14. The van der Waals surface area contributed by atoms with E-state index in [-0.39, 0.29) is 12.5 Å². The maximum absolute atomic E-state index is 13.8. The molecule has 1 atom stereocenters. The Labute approximate surface area is 212 Å². The van der Waals surface area contributed by atoms with Gasteiger partial charge in [-0.15, -0.1) is 0 Å². The molecular formula is C28H24N4O3S. The number of thiazole rings is 1. The van der Waals surface area contributed by atoms with Crippen LogP contribution >= 0.6 is 11.3 Å². The Hall–Kier alpha value is -4.04. The van der Waals surface area contributed by atoms with Crippen LogP contribution in [0.4, 0.5) is 15.6 Å². The Kier molecular flexibility index (Phi) is 5.34. The molecule has 6 rings (SSSR count). The monoisotopic (exact) mass is 496 g/mol. The minimum Gasteiger partial charge on any atom is -0.319 e. The maximum Gasteiger partial charge on any atom is 0.325 e. The molecule has 0 radical (unpaired) electrons. The number of anilines is 2. The van der Waals surface area contributed by atoms with Gasteiger partial charge in [0.2, 0.25) is 0 Å². The Balaban J connectivity index is 1.35. The first-order valence-electron chi connectivity index (χ1n) is 12.0. The predicted molar refractivity (Wildman–Crippen MR) is 139 cm³/mol. The van der Waals surface area contributed by atoms with Crippen LogP contribution in [0.5, 0.6) is 0 Å². The van der Waals surface area contributed by atoms with Crippen LogP contribution < -0.4 is 10.2 Å². The third kappa shape index (κ3) is 3.48. The number of nitrogens with zero attached hydrogens (tertiary/aromatic N) is 3. The molecule has 180 valence electrons. The molecule has 1 aliphatic heterocycles. The predicted octanol–water partition coefficient (Wildman–Crippen LogP) is 4.92. The summed E-state index contributed by atoms with van der Waals surface area (Å²) in [6.45, 7) is 1.69. The third-order valence-electron chi connectivity index (χ3n) is 7.04. The summed E-state index contributed by atoms with van der Waals surface area (Å²) in [5.41, 5.74) is 3.34. The van der Waals surface area contributed by atoms with Crippen molar-refractivity contribution in [2.75, 3.05) is 11.4 Å². The zero-order chi connectivity index (χ0) is 24.9. The molecule has 0 saturated carbocycles. The van der Waals surface area contributed by atoms with Crippen LogP contribution in [0.1, 0.15) is 30.0 Å². The number of imide groups is 1. The van der Waals surface area contributed by atoms with E-state index in [1.807, 2.05) is 72.8 Å². The zero-order valence-electron chi connectivity index (χ0n) is 19.7. The summed E-state index contributed by atoms with van der Waals surface area (Å²) in [6, 6.07) is 22.5. The molecule has 4 aromatic rings. The standard InChI is InChI=1S/C28H24N4O3S/c1-2-18-11-13-20(14-12-18)32(27-29-22-9-5-6-10-23(22)36-27)24(33)17-31-25(34)28(30-26(31)35)16-15-19-7-3-4-8-21(19)28/h3-14H,2,15-17H2,1H3,(H,30,35). The van der Waals surface area contributed by atoms with Crippen molar-refractivity contribution < 1.29 is 14.4 Å². The van der Waals surface area contributed by atoms with Gasteiger partial charge in [0.05, 0.1) is 15.9 Å². The summed E-state index contributed by atoms with van der Waals surface area (Å²) >= 11 is 1.40. The summed E-state index contributed by atoms with van der Waals surface area (Å²) < 4.78 is 0.951. The molecule has 7 nitrogen and oxygen atoms in total. The van der Waals surface area contributed by atoms with Gasteiger partial charge in [0, 0.05) is 0 Å². The van der Waals surface area contributed by atoms with Crippen molar-refractivity contribution in [1.82, 2.24) is 15.2 Å². The molecule has 4 amide bonds. The highest BCUT2D eigenvalue weighted by molar-refractivity contribution is 7.22. The van der Waals surface area contributed by atoms with Crippen LogP contribution in [0, 0.1) is 0 Å². The van der Waals surface area contributed by atoms with Crippen molar-refractivity contribution in [2.24, 2.45) is 0 Å². The van der Waals surface area contributed by atoms with Gasteiger partial charge in [-0.3, -0.25) is 19.4 Å². The highest BCUT2D eigenvalue weighted by Crippen LogP contribution is 2.41. The molecule has 1 unspecified atom stereocenters. The first-order chi connectivity index (χ1) is 17.5. The molecule has 1 fully saturated rings. The maximum atomic E-state index is 13.8. The normalized spacial score (nSPS) is 18.6. The third-order valence-corrected chi connectivity index (χ3v) is 8.06. The second kappa shape index (κ2) is 8.57. The minimum absolute atomic E-state index is 0.375. The number of hydrogen-bond donors (Lipinski definition) is 1. The number of carbonyl (C=O) groups excluding carboxylic acids is 3. The largest absolute Gasteiger partial charge is 0.325 e. The van der Waals surface area contributed by atoms with Crippen LogP contribution in [0.3, 0.4) is 0 Å². The van der Waals surface area contributed by atoms with Crippen molar-refractivity contribution in [3.05, 3.63) is 89.5 Å². The Morgan fingerprint density at radius 1 is 1.06 bits per heavy atom. The minimum atomic E-state index is -1.10. The SMILES string of the molecule is CCc1ccc(N(C(=O)CN2C(=O)NC3(CCc4ccccc43)C2=O)c2nc3ccccc3s2)cc1. The van der Waals surface area contributed by atoms with Crippen LogP contribution in [0.15, 0.2) is 72.8 Å². The molecule has 1 aromatic heterocycles. The Morgan fingerprint density at radius 3 is 2.58 bits per heavy atom. The summed E-state index contributed by atoms with van der Waals surface area (Å²) in [4.78, 5) is 47.7. The van der Waals surface area contributed by atoms with E-state index in [2.05, 4.69) is 17.2 Å². The average molecular weight is 497 g/mol. The molecule has 2 heterocycles. The van der Waals surface area contributed by atoms with Crippen molar-refractivity contribution in [2.45, 2.75) is 31.7 Å². The molecule has 36 heavy (non-hydrogen) atoms. The second-order valence-corrected chi connectivity index (χ2v) is 10.1. The van der Waals surface area contributed by atoms with E-state index < -0.39 is 17.5 Å². The first kappa shape index (κ1) is 22.4. The second-order valence-electron chi connectivity index (χ2n) is 9.10. The lowest BCUT2D eigenvalue weighted by atomic mass is 9.92. The lowest BCUT2D eigenvalue weighted by molar-refractivity contribution is -0.134. The van der Waals surface area contributed by atoms with Gasteiger partial charge in [-0.25, -0.2) is 9.78 Å². The molecular weight excluding hydrogens is 472 g/mol. The van der Waals surface area contributed by atoms with Gasteiger partial charge < -0.3 is 5.32 Å². The molecule has 1 N–H and O–H groups in total. The number of benzene rings is 3. The van der Waals surface area contributed by atoms with Gasteiger partial charge in [0.15, 0.2) is 5.13 Å². The quantitative estimate of drug-likeness (QED) is 0.398. The van der Waals surface area contributed by atoms with Crippen molar-refractivity contribution in [3.8, 4) is 0 Å². The average Bonchev–Trinajstić information content (AvgIpc) is 3.56. The van der Waals surface area contributed by atoms with E-state index in [9.17, 15) is 14.4 Å².